The van der Waals surface area contributed by atoms with Gasteiger partial charge in [0, 0.05) is 11.6 Å². The standard InChI is InChI=1S/C23H26ClN3O7S/c1-3-33-22(28)15-34-20-11-6-16(13-21(20)32-2)14-25-26-23(29)19-5-4-12-27(19)35(30,31)18-9-7-17(24)8-10-18/h6-11,13-14,19H,3-5,12,15H2,1-2H3,(H,26,29)/b25-14-/t19-/m0/s1. The minimum atomic E-state index is -3.86. The molecule has 12 heteroatoms. The molecular formula is C23H26ClN3O7S. The van der Waals surface area contributed by atoms with E-state index in [1.807, 2.05) is 0 Å². The minimum Gasteiger partial charge on any atom is -0.493 e. The van der Waals surface area contributed by atoms with Crippen molar-refractivity contribution in [2.24, 2.45) is 5.10 Å². The average molecular weight is 524 g/mol. The van der Waals surface area contributed by atoms with Crippen LogP contribution in [0, 0.1) is 0 Å². The molecule has 0 radical (unpaired) electrons. The van der Waals surface area contributed by atoms with Crippen LogP contribution in [0.25, 0.3) is 0 Å². The van der Waals surface area contributed by atoms with Crippen molar-refractivity contribution in [1.29, 1.82) is 0 Å². The van der Waals surface area contributed by atoms with Gasteiger partial charge in [-0.15, -0.1) is 0 Å². The van der Waals surface area contributed by atoms with Gasteiger partial charge in [0.05, 0.1) is 24.8 Å². The number of ether oxygens (including phenoxy) is 3. The zero-order valence-corrected chi connectivity index (χ0v) is 20.8. The summed E-state index contributed by atoms with van der Waals surface area (Å²) in [6.45, 7) is 1.93. The molecule has 1 atom stereocenters. The van der Waals surface area contributed by atoms with Gasteiger partial charge in [-0.25, -0.2) is 18.6 Å². The Hall–Kier alpha value is -3.15. The van der Waals surface area contributed by atoms with E-state index in [-0.39, 0.29) is 24.7 Å². The van der Waals surface area contributed by atoms with Crippen molar-refractivity contribution in [2.45, 2.75) is 30.7 Å². The Bertz CT molecular complexity index is 1190. The lowest BCUT2D eigenvalue weighted by Crippen LogP contribution is -2.44. The Labute approximate surface area is 208 Å². The maximum atomic E-state index is 13.0. The molecule has 1 aliphatic heterocycles. The van der Waals surface area contributed by atoms with Crippen molar-refractivity contribution in [3.63, 3.8) is 0 Å². The quantitative estimate of drug-likeness (QED) is 0.288. The molecule has 0 aromatic heterocycles. The molecular weight excluding hydrogens is 498 g/mol. The van der Waals surface area contributed by atoms with Gasteiger partial charge >= 0.3 is 5.97 Å². The number of carbonyl (C=O) groups is 2. The summed E-state index contributed by atoms with van der Waals surface area (Å²) in [6, 6.07) is 9.80. The molecule has 0 unspecified atom stereocenters. The number of methoxy groups -OCH3 is 1. The highest BCUT2D eigenvalue weighted by molar-refractivity contribution is 7.89. The number of nitrogens with one attached hydrogen (secondary N) is 1. The van der Waals surface area contributed by atoms with Gasteiger partial charge in [0.15, 0.2) is 18.1 Å². The fourth-order valence-electron chi connectivity index (χ4n) is 3.50. The number of esters is 1. The molecule has 10 nitrogen and oxygen atoms in total. The number of carbonyl (C=O) groups excluding carboxylic acids is 2. The van der Waals surface area contributed by atoms with Crippen molar-refractivity contribution in [1.82, 2.24) is 9.73 Å². The van der Waals surface area contributed by atoms with Gasteiger partial charge in [-0.05, 0) is 67.8 Å². The van der Waals surface area contributed by atoms with Crippen molar-refractivity contribution >= 4 is 39.7 Å². The summed E-state index contributed by atoms with van der Waals surface area (Å²) in [7, 11) is -2.41. The molecule has 0 spiro atoms. The molecule has 35 heavy (non-hydrogen) atoms. The zero-order chi connectivity index (χ0) is 25.4. The average Bonchev–Trinajstić information content (AvgIpc) is 3.35. The third-order valence-electron chi connectivity index (χ3n) is 5.15. The number of nitrogens with zero attached hydrogens (tertiary/aromatic N) is 2. The molecule has 2 aromatic carbocycles. The van der Waals surface area contributed by atoms with Crippen LogP contribution in [-0.2, 0) is 24.3 Å². The van der Waals surface area contributed by atoms with E-state index in [0.29, 0.717) is 34.9 Å². The lowest BCUT2D eigenvalue weighted by atomic mass is 10.2. The molecule has 1 saturated heterocycles. The molecule has 2 aromatic rings. The van der Waals surface area contributed by atoms with Crippen molar-refractivity contribution in [3.8, 4) is 11.5 Å². The molecule has 1 amide bonds. The van der Waals surface area contributed by atoms with Crippen LogP contribution in [0.3, 0.4) is 0 Å². The van der Waals surface area contributed by atoms with Crippen LogP contribution in [0.2, 0.25) is 5.02 Å². The Morgan fingerprint density at radius 3 is 2.63 bits per heavy atom. The summed E-state index contributed by atoms with van der Waals surface area (Å²) in [5, 5.41) is 4.38. The fourth-order valence-corrected chi connectivity index (χ4v) is 5.28. The number of hydrogen-bond acceptors (Lipinski definition) is 8. The van der Waals surface area contributed by atoms with Gasteiger partial charge in [-0.2, -0.15) is 9.41 Å². The summed E-state index contributed by atoms with van der Waals surface area (Å²) in [4.78, 5) is 24.3. The summed E-state index contributed by atoms with van der Waals surface area (Å²) in [5.74, 6) is -0.323. The third kappa shape index (κ3) is 6.71. The maximum absolute atomic E-state index is 13.0. The molecule has 1 fully saturated rings. The summed E-state index contributed by atoms with van der Waals surface area (Å²) in [5.41, 5.74) is 3.00. The molecule has 188 valence electrons. The predicted octanol–water partition coefficient (Wildman–Crippen LogP) is 2.59. The number of benzene rings is 2. The Morgan fingerprint density at radius 2 is 1.94 bits per heavy atom. The first kappa shape index (κ1) is 26.5. The van der Waals surface area contributed by atoms with Gasteiger partial charge < -0.3 is 14.2 Å². The molecule has 0 bridgehead atoms. The Kier molecular flexibility index (Phi) is 9.07. The van der Waals surface area contributed by atoms with Crippen LogP contribution in [0.15, 0.2) is 52.5 Å². The van der Waals surface area contributed by atoms with Crippen LogP contribution >= 0.6 is 11.6 Å². The lowest BCUT2D eigenvalue weighted by molar-refractivity contribution is -0.145. The van der Waals surface area contributed by atoms with Crippen molar-refractivity contribution in [3.05, 3.63) is 53.1 Å². The number of halogens is 1. The molecule has 0 saturated carbocycles. The van der Waals surface area contributed by atoms with E-state index in [9.17, 15) is 18.0 Å². The highest BCUT2D eigenvalue weighted by Crippen LogP contribution is 2.28. The first-order chi connectivity index (χ1) is 16.8. The van der Waals surface area contributed by atoms with E-state index in [1.165, 1.54) is 41.9 Å². The number of rotatable bonds is 10. The highest BCUT2D eigenvalue weighted by atomic mass is 35.5. The Morgan fingerprint density at radius 1 is 1.20 bits per heavy atom. The lowest BCUT2D eigenvalue weighted by Gasteiger charge is -2.22. The van der Waals surface area contributed by atoms with E-state index in [2.05, 4.69) is 10.5 Å². The van der Waals surface area contributed by atoms with Crippen LogP contribution < -0.4 is 14.9 Å². The van der Waals surface area contributed by atoms with Crippen LogP contribution in [-0.4, -0.2) is 63.7 Å². The number of sulfonamides is 1. The van der Waals surface area contributed by atoms with Gasteiger partial charge in [-0.3, -0.25) is 4.79 Å². The van der Waals surface area contributed by atoms with Gasteiger partial charge in [0.2, 0.25) is 10.0 Å². The molecule has 0 aliphatic carbocycles. The van der Waals surface area contributed by atoms with Gasteiger partial charge in [0.25, 0.3) is 5.91 Å². The third-order valence-corrected chi connectivity index (χ3v) is 7.33. The SMILES string of the molecule is CCOC(=O)COc1ccc(/C=N\NC(=O)[C@@H]2CCCN2S(=O)(=O)c2ccc(Cl)cc2)cc1OC. The Balaban J connectivity index is 1.64. The molecule has 1 heterocycles. The molecule has 3 rings (SSSR count). The topological polar surface area (TPSA) is 124 Å². The molecule has 1 N–H and O–H groups in total. The number of hydrogen-bond donors (Lipinski definition) is 1. The normalized spacial score (nSPS) is 16.3. The second kappa shape index (κ2) is 12.0. The summed E-state index contributed by atoms with van der Waals surface area (Å²) < 4.78 is 42.7. The summed E-state index contributed by atoms with van der Waals surface area (Å²) in [6.07, 6.45) is 2.33. The smallest absolute Gasteiger partial charge is 0.344 e. The second-order valence-corrected chi connectivity index (χ2v) is 9.79. The van der Waals surface area contributed by atoms with E-state index in [1.54, 1.807) is 25.1 Å². The maximum Gasteiger partial charge on any atom is 0.344 e. The predicted molar refractivity (Wildman–Crippen MR) is 129 cm³/mol. The first-order valence-corrected chi connectivity index (χ1v) is 12.6. The van der Waals surface area contributed by atoms with Crippen LogP contribution in [0.1, 0.15) is 25.3 Å². The van der Waals surface area contributed by atoms with E-state index in [0.717, 1.165) is 0 Å². The second-order valence-electron chi connectivity index (χ2n) is 7.47. The van der Waals surface area contributed by atoms with Crippen molar-refractivity contribution in [2.75, 3.05) is 26.9 Å². The largest absolute Gasteiger partial charge is 0.493 e. The first-order valence-electron chi connectivity index (χ1n) is 10.8. The minimum absolute atomic E-state index is 0.0717. The van der Waals surface area contributed by atoms with Gasteiger partial charge in [-0.1, -0.05) is 11.6 Å². The molecule has 1 aliphatic rings. The highest BCUT2D eigenvalue weighted by Gasteiger charge is 2.39. The van der Waals surface area contributed by atoms with Crippen LogP contribution in [0.5, 0.6) is 11.5 Å². The monoisotopic (exact) mass is 523 g/mol. The number of amides is 1. The zero-order valence-electron chi connectivity index (χ0n) is 19.3. The fraction of sp³-hybridized carbons (Fsp3) is 0.348. The number of hydrazone groups is 1. The van der Waals surface area contributed by atoms with E-state index in [4.69, 9.17) is 25.8 Å². The van der Waals surface area contributed by atoms with Gasteiger partial charge in [0.1, 0.15) is 6.04 Å². The van der Waals surface area contributed by atoms with E-state index < -0.39 is 27.9 Å². The van der Waals surface area contributed by atoms with Crippen molar-refractivity contribution < 1.29 is 32.2 Å². The summed E-state index contributed by atoms with van der Waals surface area (Å²) >= 11 is 5.85. The van der Waals surface area contributed by atoms with E-state index >= 15 is 0 Å². The van der Waals surface area contributed by atoms with Crippen LogP contribution in [0.4, 0.5) is 0 Å².